The average molecular weight is 464 g/mol. The molecule has 0 aliphatic rings. The van der Waals surface area contributed by atoms with Crippen molar-refractivity contribution < 1.29 is 9.50 Å². The molecule has 7 nitrogen and oxygen atoms in total. The first kappa shape index (κ1) is 16.9. The summed E-state index contributed by atoms with van der Waals surface area (Å²) in [4.78, 5) is 4.47. The van der Waals surface area contributed by atoms with Crippen LogP contribution in [-0.4, -0.2) is 29.9 Å². The lowest BCUT2D eigenvalue weighted by atomic mass is 10.1. The molecule has 1 atom stereocenters. The van der Waals surface area contributed by atoms with Gasteiger partial charge in [0.25, 0.3) is 0 Å². The van der Waals surface area contributed by atoms with Crippen molar-refractivity contribution in [1.29, 1.82) is 0 Å². The van der Waals surface area contributed by atoms with Crippen LogP contribution in [0.3, 0.4) is 0 Å². The van der Waals surface area contributed by atoms with Crippen LogP contribution >= 0.6 is 22.6 Å². The third-order valence-electron chi connectivity index (χ3n) is 3.83. The standard InChI is InChI=1S/C17H14FIN6O/c1-9-6-14(23-22-9)20-16-13-7-12(19)8-25(13)24-17(21-16)15(26)10-2-4-11(18)5-3-10/h2-8,15,26H,1H3,(H2,20,21,22,23,24). The van der Waals surface area contributed by atoms with Crippen molar-refractivity contribution in [2.75, 3.05) is 5.32 Å². The Bertz CT molecular complexity index is 1070. The van der Waals surface area contributed by atoms with Gasteiger partial charge in [-0.05, 0) is 53.3 Å². The van der Waals surface area contributed by atoms with E-state index in [1.165, 1.54) is 24.3 Å². The third kappa shape index (κ3) is 3.27. The zero-order valence-corrected chi connectivity index (χ0v) is 15.8. The quantitative estimate of drug-likeness (QED) is 0.403. The largest absolute Gasteiger partial charge is 0.380 e. The Morgan fingerprint density at radius 2 is 2.04 bits per heavy atom. The van der Waals surface area contributed by atoms with E-state index in [9.17, 15) is 9.50 Å². The third-order valence-corrected chi connectivity index (χ3v) is 4.42. The summed E-state index contributed by atoms with van der Waals surface area (Å²) in [7, 11) is 0. The number of aliphatic hydroxyl groups is 1. The lowest BCUT2D eigenvalue weighted by Crippen LogP contribution is -2.11. The van der Waals surface area contributed by atoms with E-state index in [0.717, 1.165) is 14.8 Å². The number of aromatic amines is 1. The number of fused-ring (bicyclic) bond motifs is 1. The zero-order valence-electron chi connectivity index (χ0n) is 13.6. The predicted octanol–water partition coefficient (Wildman–Crippen LogP) is 3.33. The topological polar surface area (TPSA) is 91.1 Å². The van der Waals surface area contributed by atoms with Crippen LogP contribution in [0.5, 0.6) is 0 Å². The molecule has 0 saturated carbocycles. The maximum Gasteiger partial charge on any atom is 0.184 e. The molecule has 0 saturated heterocycles. The Hall–Kier alpha value is -2.53. The van der Waals surface area contributed by atoms with Crippen molar-refractivity contribution in [2.24, 2.45) is 0 Å². The molecule has 3 N–H and O–H groups in total. The number of nitrogens with zero attached hydrogens (tertiary/aromatic N) is 4. The summed E-state index contributed by atoms with van der Waals surface area (Å²) in [6.07, 6.45) is 0.751. The highest BCUT2D eigenvalue weighted by molar-refractivity contribution is 14.1. The number of hydrogen-bond acceptors (Lipinski definition) is 5. The monoisotopic (exact) mass is 464 g/mol. The van der Waals surface area contributed by atoms with E-state index in [4.69, 9.17) is 0 Å². The number of aromatic nitrogens is 5. The van der Waals surface area contributed by atoms with Gasteiger partial charge in [-0.3, -0.25) is 5.10 Å². The van der Waals surface area contributed by atoms with Crippen molar-refractivity contribution >= 4 is 39.7 Å². The average Bonchev–Trinajstić information content (AvgIpc) is 3.19. The molecule has 4 rings (SSSR count). The fourth-order valence-electron chi connectivity index (χ4n) is 2.59. The van der Waals surface area contributed by atoms with Gasteiger partial charge >= 0.3 is 0 Å². The van der Waals surface area contributed by atoms with Crippen molar-refractivity contribution in [3.8, 4) is 0 Å². The lowest BCUT2D eigenvalue weighted by molar-refractivity contribution is 0.208. The smallest absolute Gasteiger partial charge is 0.184 e. The molecule has 0 amide bonds. The molecule has 9 heteroatoms. The number of halogens is 2. The molecular weight excluding hydrogens is 450 g/mol. The Labute approximate surface area is 161 Å². The molecule has 1 unspecified atom stereocenters. The molecule has 3 aromatic heterocycles. The molecule has 3 heterocycles. The summed E-state index contributed by atoms with van der Waals surface area (Å²) in [5.41, 5.74) is 2.17. The molecule has 0 spiro atoms. The first-order chi connectivity index (χ1) is 12.5. The molecule has 0 fully saturated rings. The van der Waals surface area contributed by atoms with E-state index in [-0.39, 0.29) is 11.6 Å². The Balaban J connectivity index is 1.78. The minimum atomic E-state index is -1.08. The van der Waals surface area contributed by atoms with Gasteiger partial charge in [0.15, 0.2) is 17.5 Å². The number of aliphatic hydroxyl groups excluding tert-OH is 1. The maximum absolute atomic E-state index is 13.1. The normalized spacial score (nSPS) is 12.5. The van der Waals surface area contributed by atoms with E-state index in [0.29, 0.717) is 17.2 Å². The first-order valence-corrected chi connectivity index (χ1v) is 8.86. The van der Waals surface area contributed by atoms with Crippen LogP contribution in [0.1, 0.15) is 23.2 Å². The highest BCUT2D eigenvalue weighted by atomic mass is 127. The molecule has 0 aliphatic heterocycles. The van der Waals surface area contributed by atoms with Crippen LogP contribution in [0, 0.1) is 16.3 Å². The number of benzene rings is 1. The van der Waals surface area contributed by atoms with Crippen LogP contribution in [0.2, 0.25) is 0 Å². The first-order valence-electron chi connectivity index (χ1n) is 7.78. The molecule has 0 bridgehead atoms. The number of nitrogens with one attached hydrogen (secondary N) is 2. The summed E-state index contributed by atoms with van der Waals surface area (Å²) in [5.74, 6) is 0.964. The van der Waals surface area contributed by atoms with Gasteiger partial charge in [0.05, 0.1) is 0 Å². The summed E-state index contributed by atoms with van der Waals surface area (Å²) in [6.45, 7) is 1.90. The maximum atomic E-state index is 13.1. The van der Waals surface area contributed by atoms with Crippen molar-refractivity contribution in [2.45, 2.75) is 13.0 Å². The molecule has 132 valence electrons. The van der Waals surface area contributed by atoms with Gasteiger partial charge in [0.1, 0.15) is 17.4 Å². The number of anilines is 2. The minimum Gasteiger partial charge on any atom is -0.380 e. The summed E-state index contributed by atoms with van der Waals surface area (Å²) < 4.78 is 15.8. The number of H-pyrrole nitrogens is 1. The van der Waals surface area contributed by atoms with E-state index in [2.05, 4.69) is 48.2 Å². The van der Waals surface area contributed by atoms with Gasteiger partial charge in [0, 0.05) is 21.5 Å². The summed E-state index contributed by atoms with van der Waals surface area (Å²) in [6, 6.07) is 9.38. The van der Waals surface area contributed by atoms with Gasteiger partial charge in [0.2, 0.25) is 0 Å². The molecule has 26 heavy (non-hydrogen) atoms. The van der Waals surface area contributed by atoms with E-state index >= 15 is 0 Å². The highest BCUT2D eigenvalue weighted by Crippen LogP contribution is 2.25. The van der Waals surface area contributed by atoms with Crippen molar-refractivity contribution in [1.82, 2.24) is 24.8 Å². The van der Waals surface area contributed by atoms with Crippen LogP contribution in [0.15, 0.2) is 42.6 Å². The second-order valence-corrected chi connectivity index (χ2v) is 7.07. The van der Waals surface area contributed by atoms with Gasteiger partial charge in [-0.25, -0.2) is 13.9 Å². The molecule has 1 aromatic carbocycles. The van der Waals surface area contributed by atoms with E-state index < -0.39 is 6.10 Å². The molecule has 0 radical (unpaired) electrons. The van der Waals surface area contributed by atoms with Gasteiger partial charge in [-0.2, -0.15) is 5.10 Å². The Morgan fingerprint density at radius 1 is 1.27 bits per heavy atom. The van der Waals surface area contributed by atoms with Crippen molar-refractivity contribution in [3.05, 3.63) is 69.1 Å². The number of hydrogen-bond donors (Lipinski definition) is 3. The van der Waals surface area contributed by atoms with Crippen LogP contribution in [0.25, 0.3) is 5.52 Å². The van der Waals surface area contributed by atoms with Gasteiger partial charge in [-0.1, -0.05) is 12.1 Å². The van der Waals surface area contributed by atoms with E-state index in [1.807, 2.05) is 25.3 Å². The minimum absolute atomic E-state index is 0.200. The van der Waals surface area contributed by atoms with Crippen LogP contribution in [-0.2, 0) is 0 Å². The lowest BCUT2D eigenvalue weighted by Gasteiger charge is -2.12. The predicted molar refractivity (Wildman–Crippen MR) is 103 cm³/mol. The Kier molecular flexibility index (Phi) is 4.32. The Morgan fingerprint density at radius 3 is 2.73 bits per heavy atom. The highest BCUT2D eigenvalue weighted by Gasteiger charge is 2.18. The summed E-state index contributed by atoms with van der Waals surface area (Å²) in [5, 5.41) is 25.2. The summed E-state index contributed by atoms with van der Waals surface area (Å²) >= 11 is 2.19. The molecular formula is C17H14FIN6O. The van der Waals surface area contributed by atoms with E-state index in [1.54, 1.807) is 4.52 Å². The fraction of sp³-hybridized carbons (Fsp3) is 0.118. The molecule has 0 aliphatic carbocycles. The van der Waals surface area contributed by atoms with Gasteiger partial charge in [-0.15, -0.1) is 5.10 Å². The zero-order chi connectivity index (χ0) is 18.3. The van der Waals surface area contributed by atoms with Crippen molar-refractivity contribution in [3.63, 3.8) is 0 Å². The molecule has 4 aromatic rings. The van der Waals surface area contributed by atoms with Crippen LogP contribution in [0.4, 0.5) is 16.0 Å². The number of rotatable bonds is 4. The number of aryl methyl sites for hydroxylation is 1. The SMILES string of the molecule is Cc1cc(Nc2nc(C(O)c3ccc(F)cc3)nn3cc(I)cc23)n[nH]1. The van der Waals surface area contributed by atoms with Crippen LogP contribution < -0.4 is 5.32 Å². The second-order valence-electron chi connectivity index (χ2n) is 5.82. The fourth-order valence-corrected chi connectivity index (χ4v) is 3.15. The van der Waals surface area contributed by atoms with Gasteiger partial charge < -0.3 is 10.4 Å². The second kappa shape index (κ2) is 6.65.